The van der Waals surface area contributed by atoms with Crippen molar-refractivity contribution in [2.24, 2.45) is 7.05 Å². The third-order valence-corrected chi connectivity index (χ3v) is 3.80. The molecule has 0 amide bonds. The standard InChI is InChI=1S/C16H18N4/c1-11-15(12(2)20(3)19-11)10-18-16-6-4-5-13-9-17-8-7-14(13)16/h4-9,18H,10H2,1-3H3. The van der Waals surface area contributed by atoms with Crippen molar-refractivity contribution in [3.63, 3.8) is 0 Å². The number of fused-ring (bicyclic) bond motifs is 1. The molecule has 0 saturated carbocycles. The topological polar surface area (TPSA) is 42.7 Å². The predicted molar refractivity (Wildman–Crippen MR) is 81.8 cm³/mol. The molecule has 0 bridgehead atoms. The monoisotopic (exact) mass is 266 g/mol. The molecule has 102 valence electrons. The van der Waals surface area contributed by atoms with E-state index in [2.05, 4.69) is 47.4 Å². The van der Waals surface area contributed by atoms with Gasteiger partial charge in [-0.15, -0.1) is 0 Å². The van der Waals surface area contributed by atoms with Crippen LogP contribution in [-0.4, -0.2) is 14.8 Å². The first-order chi connectivity index (χ1) is 9.66. The van der Waals surface area contributed by atoms with Crippen LogP contribution in [0.1, 0.15) is 17.0 Å². The van der Waals surface area contributed by atoms with Crippen molar-refractivity contribution in [1.82, 2.24) is 14.8 Å². The summed E-state index contributed by atoms with van der Waals surface area (Å²) in [5.74, 6) is 0. The lowest BCUT2D eigenvalue weighted by atomic mass is 10.1. The zero-order valence-electron chi connectivity index (χ0n) is 12.0. The molecule has 3 aromatic rings. The van der Waals surface area contributed by atoms with E-state index in [-0.39, 0.29) is 0 Å². The van der Waals surface area contributed by atoms with Crippen molar-refractivity contribution in [1.29, 1.82) is 0 Å². The van der Waals surface area contributed by atoms with Crippen LogP contribution in [0.3, 0.4) is 0 Å². The fraction of sp³-hybridized carbons (Fsp3) is 0.250. The van der Waals surface area contributed by atoms with Crippen LogP contribution in [-0.2, 0) is 13.6 Å². The van der Waals surface area contributed by atoms with E-state index in [0.717, 1.165) is 23.3 Å². The van der Waals surface area contributed by atoms with Crippen molar-refractivity contribution in [3.8, 4) is 0 Å². The zero-order chi connectivity index (χ0) is 14.1. The molecule has 0 atom stereocenters. The first-order valence-corrected chi connectivity index (χ1v) is 6.72. The van der Waals surface area contributed by atoms with Crippen LogP contribution in [0.25, 0.3) is 10.8 Å². The highest BCUT2D eigenvalue weighted by molar-refractivity contribution is 5.93. The van der Waals surface area contributed by atoms with Gasteiger partial charge in [-0.2, -0.15) is 5.10 Å². The highest BCUT2D eigenvalue weighted by Gasteiger charge is 2.09. The first-order valence-electron chi connectivity index (χ1n) is 6.72. The number of hydrogen-bond acceptors (Lipinski definition) is 3. The fourth-order valence-corrected chi connectivity index (χ4v) is 2.53. The van der Waals surface area contributed by atoms with E-state index in [1.54, 1.807) is 0 Å². The van der Waals surface area contributed by atoms with Crippen LogP contribution < -0.4 is 5.32 Å². The van der Waals surface area contributed by atoms with E-state index in [9.17, 15) is 0 Å². The summed E-state index contributed by atoms with van der Waals surface area (Å²) >= 11 is 0. The lowest BCUT2D eigenvalue weighted by Crippen LogP contribution is -2.02. The van der Waals surface area contributed by atoms with Crippen LogP contribution in [0.15, 0.2) is 36.7 Å². The Morgan fingerprint density at radius 2 is 2.05 bits per heavy atom. The Morgan fingerprint density at radius 1 is 1.20 bits per heavy atom. The van der Waals surface area contributed by atoms with Crippen LogP contribution in [0, 0.1) is 13.8 Å². The zero-order valence-corrected chi connectivity index (χ0v) is 12.0. The van der Waals surface area contributed by atoms with Crippen LogP contribution in [0.4, 0.5) is 5.69 Å². The van der Waals surface area contributed by atoms with Gasteiger partial charge in [-0.25, -0.2) is 0 Å². The maximum Gasteiger partial charge on any atom is 0.0646 e. The van der Waals surface area contributed by atoms with E-state index in [0.29, 0.717) is 0 Å². The number of anilines is 1. The maximum absolute atomic E-state index is 4.45. The molecule has 4 heteroatoms. The molecule has 0 spiro atoms. The van der Waals surface area contributed by atoms with E-state index in [1.165, 1.54) is 16.6 Å². The Bertz CT molecular complexity index is 753. The number of nitrogens with zero attached hydrogens (tertiary/aromatic N) is 3. The van der Waals surface area contributed by atoms with Gasteiger partial charge in [0.15, 0.2) is 0 Å². The molecule has 2 heterocycles. The number of aromatic nitrogens is 3. The van der Waals surface area contributed by atoms with Crippen molar-refractivity contribution in [3.05, 3.63) is 53.6 Å². The summed E-state index contributed by atoms with van der Waals surface area (Å²) in [6.45, 7) is 4.94. The van der Waals surface area contributed by atoms with Crippen LogP contribution in [0.5, 0.6) is 0 Å². The largest absolute Gasteiger partial charge is 0.380 e. The third-order valence-electron chi connectivity index (χ3n) is 3.80. The van der Waals surface area contributed by atoms with Gasteiger partial charge in [0.1, 0.15) is 0 Å². The molecule has 0 fully saturated rings. The lowest BCUT2D eigenvalue weighted by Gasteiger charge is -2.10. The van der Waals surface area contributed by atoms with Crippen LogP contribution >= 0.6 is 0 Å². The first kappa shape index (κ1) is 12.7. The van der Waals surface area contributed by atoms with Gasteiger partial charge < -0.3 is 5.32 Å². The average Bonchev–Trinajstić information content (AvgIpc) is 2.70. The molecule has 0 radical (unpaired) electrons. The quantitative estimate of drug-likeness (QED) is 0.791. The van der Waals surface area contributed by atoms with Crippen LogP contribution in [0.2, 0.25) is 0 Å². The summed E-state index contributed by atoms with van der Waals surface area (Å²) in [7, 11) is 1.98. The van der Waals surface area contributed by atoms with Gasteiger partial charge >= 0.3 is 0 Å². The molecule has 0 saturated heterocycles. The SMILES string of the molecule is Cc1nn(C)c(C)c1CNc1cccc2cnccc12. The second kappa shape index (κ2) is 4.96. The molecule has 0 aliphatic rings. The molecular weight excluding hydrogens is 248 g/mol. The van der Waals surface area contributed by atoms with Gasteiger partial charge in [0, 0.05) is 53.7 Å². The summed E-state index contributed by atoms with van der Waals surface area (Å²) in [6.07, 6.45) is 3.72. The maximum atomic E-state index is 4.45. The molecule has 2 aromatic heterocycles. The highest BCUT2D eigenvalue weighted by Crippen LogP contribution is 2.23. The van der Waals surface area contributed by atoms with Crippen molar-refractivity contribution < 1.29 is 0 Å². The Morgan fingerprint density at radius 3 is 2.80 bits per heavy atom. The van der Waals surface area contributed by atoms with Gasteiger partial charge in [-0.1, -0.05) is 12.1 Å². The average molecular weight is 266 g/mol. The summed E-state index contributed by atoms with van der Waals surface area (Å²) in [4.78, 5) is 4.16. The van der Waals surface area contributed by atoms with E-state index < -0.39 is 0 Å². The third kappa shape index (κ3) is 2.13. The molecule has 0 aliphatic heterocycles. The number of benzene rings is 1. The second-order valence-electron chi connectivity index (χ2n) is 5.03. The number of nitrogens with one attached hydrogen (secondary N) is 1. The number of pyridine rings is 1. The minimum Gasteiger partial charge on any atom is -0.380 e. The summed E-state index contributed by atoms with van der Waals surface area (Å²) in [5.41, 5.74) is 4.68. The predicted octanol–water partition coefficient (Wildman–Crippen LogP) is 3.20. The minimum absolute atomic E-state index is 0.785. The van der Waals surface area contributed by atoms with E-state index in [4.69, 9.17) is 0 Å². The van der Waals surface area contributed by atoms with Gasteiger partial charge in [-0.05, 0) is 26.0 Å². The highest BCUT2D eigenvalue weighted by atomic mass is 15.3. The molecule has 1 N–H and O–H groups in total. The number of rotatable bonds is 3. The molecule has 0 aliphatic carbocycles. The van der Waals surface area contributed by atoms with Crippen molar-refractivity contribution >= 4 is 16.5 Å². The normalized spacial score (nSPS) is 10.9. The number of aryl methyl sites for hydroxylation is 2. The van der Waals surface area contributed by atoms with Gasteiger partial charge in [-0.3, -0.25) is 9.67 Å². The van der Waals surface area contributed by atoms with Crippen molar-refractivity contribution in [2.75, 3.05) is 5.32 Å². The molecular formula is C16H18N4. The molecule has 0 unspecified atom stereocenters. The molecule has 3 rings (SSSR count). The van der Waals surface area contributed by atoms with E-state index in [1.807, 2.05) is 30.2 Å². The smallest absolute Gasteiger partial charge is 0.0646 e. The van der Waals surface area contributed by atoms with Gasteiger partial charge in [0.05, 0.1) is 5.69 Å². The molecule has 1 aromatic carbocycles. The Labute approximate surface area is 118 Å². The Kier molecular flexibility index (Phi) is 3.14. The molecule has 20 heavy (non-hydrogen) atoms. The lowest BCUT2D eigenvalue weighted by molar-refractivity contribution is 0.730. The second-order valence-corrected chi connectivity index (χ2v) is 5.03. The van der Waals surface area contributed by atoms with Gasteiger partial charge in [0.2, 0.25) is 0 Å². The summed E-state index contributed by atoms with van der Waals surface area (Å²) < 4.78 is 1.93. The molecule has 4 nitrogen and oxygen atoms in total. The Hall–Kier alpha value is -2.36. The van der Waals surface area contributed by atoms with E-state index >= 15 is 0 Å². The minimum atomic E-state index is 0.785. The fourth-order valence-electron chi connectivity index (χ4n) is 2.53. The summed E-state index contributed by atoms with van der Waals surface area (Å²) in [6, 6.07) is 8.27. The number of hydrogen-bond donors (Lipinski definition) is 1. The Balaban J connectivity index is 1.91. The van der Waals surface area contributed by atoms with Crippen molar-refractivity contribution in [2.45, 2.75) is 20.4 Å². The summed E-state index contributed by atoms with van der Waals surface area (Å²) in [5, 5.41) is 10.3. The van der Waals surface area contributed by atoms with Gasteiger partial charge in [0.25, 0.3) is 0 Å².